The average molecular weight is 446 g/mol. The number of hydrogen-bond acceptors (Lipinski definition) is 7. The molecule has 32 heavy (non-hydrogen) atoms. The van der Waals surface area contributed by atoms with E-state index in [1.165, 1.54) is 23.5 Å². The molecule has 0 saturated heterocycles. The lowest BCUT2D eigenvalue weighted by Gasteiger charge is -2.07. The van der Waals surface area contributed by atoms with Gasteiger partial charge in [-0.1, -0.05) is 23.5 Å². The van der Waals surface area contributed by atoms with E-state index in [2.05, 4.69) is 20.8 Å². The van der Waals surface area contributed by atoms with E-state index in [9.17, 15) is 14.7 Å². The molecule has 0 radical (unpaired) electrons. The predicted molar refractivity (Wildman–Crippen MR) is 122 cm³/mol. The van der Waals surface area contributed by atoms with Crippen LogP contribution in [0.15, 0.2) is 72.8 Å². The maximum absolute atomic E-state index is 12.5. The van der Waals surface area contributed by atoms with Gasteiger partial charge in [-0.05, 0) is 60.7 Å². The molecule has 9 heteroatoms. The normalized spacial score (nSPS) is 10.4. The molecule has 2 amide bonds. The molecule has 4 rings (SSSR count). The zero-order valence-corrected chi connectivity index (χ0v) is 17.7. The summed E-state index contributed by atoms with van der Waals surface area (Å²) in [5.41, 5.74) is 1.92. The third kappa shape index (κ3) is 4.73. The van der Waals surface area contributed by atoms with Crippen LogP contribution in [0.1, 0.15) is 20.7 Å². The highest BCUT2D eigenvalue weighted by Gasteiger charge is 2.13. The number of anilines is 2. The summed E-state index contributed by atoms with van der Waals surface area (Å²) in [7, 11) is 1.60. The Morgan fingerprint density at radius 1 is 0.875 bits per heavy atom. The summed E-state index contributed by atoms with van der Waals surface area (Å²) in [5, 5.41) is 24.4. The van der Waals surface area contributed by atoms with Gasteiger partial charge in [0.05, 0.1) is 12.7 Å². The highest BCUT2D eigenvalue weighted by molar-refractivity contribution is 7.18. The number of phenols is 1. The second-order valence-corrected chi connectivity index (χ2v) is 7.62. The van der Waals surface area contributed by atoms with E-state index in [-0.39, 0.29) is 17.2 Å². The fourth-order valence-corrected chi connectivity index (χ4v) is 3.61. The van der Waals surface area contributed by atoms with Crippen molar-refractivity contribution in [2.75, 3.05) is 17.7 Å². The lowest BCUT2D eigenvalue weighted by molar-refractivity contribution is 0.101. The maximum atomic E-state index is 12.5. The molecular formula is C23H18N4O4S. The molecule has 0 fully saturated rings. The van der Waals surface area contributed by atoms with Crippen molar-refractivity contribution in [2.45, 2.75) is 0 Å². The first kappa shape index (κ1) is 21.0. The first-order valence-corrected chi connectivity index (χ1v) is 10.3. The summed E-state index contributed by atoms with van der Waals surface area (Å²) in [6.45, 7) is 0. The molecule has 0 spiro atoms. The summed E-state index contributed by atoms with van der Waals surface area (Å²) in [4.78, 5) is 24.8. The van der Waals surface area contributed by atoms with E-state index in [1.807, 2.05) is 24.3 Å². The van der Waals surface area contributed by atoms with Crippen LogP contribution in [-0.4, -0.2) is 34.2 Å². The number of rotatable bonds is 6. The molecule has 0 bridgehead atoms. The molecule has 0 aliphatic rings. The zero-order valence-electron chi connectivity index (χ0n) is 16.9. The van der Waals surface area contributed by atoms with Gasteiger partial charge in [0.2, 0.25) is 5.13 Å². The number of benzene rings is 3. The number of carbonyl (C=O) groups excluding carboxylic acids is 2. The quantitative estimate of drug-likeness (QED) is 0.404. The lowest BCUT2D eigenvalue weighted by atomic mass is 10.1. The van der Waals surface area contributed by atoms with Gasteiger partial charge in [-0.2, -0.15) is 0 Å². The van der Waals surface area contributed by atoms with E-state index in [4.69, 9.17) is 4.74 Å². The van der Waals surface area contributed by atoms with Crippen LogP contribution in [0.25, 0.3) is 10.6 Å². The molecule has 0 saturated carbocycles. The summed E-state index contributed by atoms with van der Waals surface area (Å²) in [6.07, 6.45) is 0. The lowest BCUT2D eigenvalue weighted by Crippen LogP contribution is -2.13. The number of para-hydroxylation sites is 1. The number of phenolic OH excluding ortho intramolecular Hbond substituents is 1. The van der Waals surface area contributed by atoms with E-state index < -0.39 is 5.91 Å². The molecule has 0 aliphatic heterocycles. The number of amides is 2. The highest BCUT2D eigenvalue weighted by atomic mass is 32.1. The Balaban J connectivity index is 1.39. The van der Waals surface area contributed by atoms with Crippen molar-refractivity contribution in [3.8, 4) is 22.1 Å². The topological polar surface area (TPSA) is 113 Å². The molecular weight excluding hydrogens is 428 g/mol. The Kier molecular flexibility index (Phi) is 6.09. The second kappa shape index (κ2) is 9.27. The van der Waals surface area contributed by atoms with Gasteiger partial charge in [0.25, 0.3) is 11.8 Å². The van der Waals surface area contributed by atoms with Crippen LogP contribution >= 0.6 is 11.3 Å². The molecule has 160 valence electrons. The SMILES string of the molecule is COc1ccc(-c2nnc(NC(=O)c3ccc(NC(=O)c4ccccc4O)cc3)s2)cc1. The molecule has 3 N–H and O–H groups in total. The van der Waals surface area contributed by atoms with Gasteiger partial charge in [-0.3, -0.25) is 14.9 Å². The highest BCUT2D eigenvalue weighted by Crippen LogP contribution is 2.28. The Hall–Kier alpha value is -4.24. The minimum absolute atomic E-state index is 0.105. The molecule has 1 aromatic heterocycles. The van der Waals surface area contributed by atoms with Gasteiger partial charge in [0.15, 0.2) is 0 Å². The molecule has 8 nitrogen and oxygen atoms in total. The number of methoxy groups -OCH3 is 1. The Bertz CT molecular complexity index is 1250. The number of aromatic nitrogens is 2. The van der Waals surface area contributed by atoms with Crippen molar-refractivity contribution in [3.63, 3.8) is 0 Å². The van der Waals surface area contributed by atoms with Crippen LogP contribution < -0.4 is 15.4 Å². The van der Waals surface area contributed by atoms with Gasteiger partial charge in [-0.25, -0.2) is 0 Å². The van der Waals surface area contributed by atoms with E-state index in [0.29, 0.717) is 21.4 Å². The number of carbonyl (C=O) groups is 2. The summed E-state index contributed by atoms with van der Waals surface area (Å²) < 4.78 is 5.15. The van der Waals surface area contributed by atoms with Crippen molar-refractivity contribution < 1.29 is 19.4 Å². The Morgan fingerprint density at radius 2 is 1.59 bits per heavy atom. The fraction of sp³-hybridized carbons (Fsp3) is 0.0435. The Morgan fingerprint density at radius 3 is 2.28 bits per heavy atom. The van der Waals surface area contributed by atoms with Crippen LogP contribution in [0, 0.1) is 0 Å². The van der Waals surface area contributed by atoms with Crippen LogP contribution in [-0.2, 0) is 0 Å². The minimum atomic E-state index is -0.444. The van der Waals surface area contributed by atoms with Crippen LogP contribution in [0.4, 0.5) is 10.8 Å². The molecule has 0 atom stereocenters. The van der Waals surface area contributed by atoms with Crippen LogP contribution in [0.5, 0.6) is 11.5 Å². The van der Waals surface area contributed by atoms with Crippen molar-refractivity contribution in [1.82, 2.24) is 10.2 Å². The zero-order chi connectivity index (χ0) is 22.5. The van der Waals surface area contributed by atoms with Gasteiger partial charge in [0.1, 0.15) is 16.5 Å². The van der Waals surface area contributed by atoms with E-state index >= 15 is 0 Å². The first-order valence-electron chi connectivity index (χ1n) is 9.52. The standard InChI is InChI=1S/C23H18N4O4S/c1-31-17-12-8-15(9-13-17)22-26-27-23(32-22)25-20(29)14-6-10-16(11-7-14)24-21(30)18-4-2-3-5-19(18)28/h2-13,28H,1H3,(H,24,30)(H,25,27,29). The van der Waals surface area contributed by atoms with Crippen molar-refractivity contribution in [2.24, 2.45) is 0 Å². The number of aromatic hydroxyl groups is 1. The van der Waals surface area contributed by atoms with Gasteiger partial charge < -0.3 is 15.2 Å². The third-order valence-corrected chi connectivity index (χ3v) is 5.42. The largest absolute Gasteiger partial charge is 0.507 e. The van der Waals surface area contributed by atoms with Crippen molar-refractivity contribution >= 4 is 34.0 Å². The summed E-state index contributed by atoms with van der Waals surface area (Å²) >= 11 is 1.26. The Labute approximate surface area is 187 Å². The monoisotopic (exact) mass is 446 g/mol. The van der Waals surface area contributed by atoms with Gasteiger partial charge in [-0.15, -0.1) is 10.2 Å². The summed E-state index contributed by atoms with van der Waals surface area (Å²) in [5.74, 6) is -0.153. The minimum Gasteiger partial charge on any atom is -0.507 e. The van der Waals surface area contributed by atoms with Crippen molar-refractivity contribution in [3.05, 3.63) is 83.9 Å². The van der Waals surface area contributed by atoms with E-state index in [0.717, 1.165) is 11.3 Å². The van der Waals surface area contributed by atoms with Gasteiger partial charge >= 0.3 is 0 Å². The molecule has 1 heterocycles. The molecule has 3 aromatic carbocycles. The number of hydrogen-bond donors (Lipinski definition) is 3. The second-order valence-electron chi connectivity index (χ2n) is 6.64. The smallest absolute Gasteiger partial charge is 0.259 e. The molecule has 0 unspecified atom stereocenters. The van der Waals surface area contributed by atoms with Gasteiger partial charge in [0, 0.05) is 16.8 Å². The molecule has 4 aromatic rings. The fourth-order valence-electron chi connectivity index (χ4n) is 2.86. The first-order chi connectivity index (χ1) is 15.5. The number of nitrogens with one attached hydrogen (secondary N) is 2. The predicted octanol–water partition coefficient (Wildman–Crippen LogP) is 4.42. The number of nitrogens with zero attached hydrogens (tertiary/aromatic N) is 2. The maximum Gasteiger partial charge on any atom is 0.259 e. The summed E-state index contributed by atoms with van der Waals surface area (Å²) in [6, 6.07) is 20.0. The molecule has 0 aliphatic carbocycles. The third-order valence-electron chi connectivity index (χ3n) is 4.54. The van der Waals surface area contributed by atoms with Crippen LogP contribution in [0.3, 0.4) is 0 Å². The van der Waals surface area contributed by atoms with E-state index in [1.54, 1.807) is 43.5 Å². The van der Waals surface area contributed by atoms with Crippen molar-refractivity contribution in [1.29, 1.82) is 0 Å². The number of ether oxygens (including phenoxy) is 1. The van der Waals surface area contributed by atoms with Crippen LogP contribution in [0.2, 0.25) is 0 Å². The average Bonchev–Trinajstić information content (AvgIpc) is 3.28.